The first-order valence-corrected chi connectivity index (χ1v) is 9.66. The van der Waals surface area contributed by atoms with Gasteiger partial charge in [0.15, 0.2) is 0 Å². The number of aliphatic hydroxyl groups excluding tert-OH is 1. The smallest absolute Gasteiger partial charge is 0.335 e. The Kier molecular flexibility index (Phi) is 6.25. The SMILES string of the molecule is [2H]C([2H])(CCc1cccc(-c2cccc(C(=O)O)c2)c1)NC[C@H](O)c1cccc(C)c1. The Morgan fingerprint density at radius 1 is 1.03 bits per heavy atom. The monoisotopic (exact) mass is 391 g/mol. The minimum absolute atomic E-state index is 0.123. The maximum absolute atomic E-state index is 11.2. The zero-order valence-electron chi connectivity index (χ0n) is 18.4. The van der Waals surface area contributed by atoms with E-state index < -0.39 is 18.6 Å². The molecule has 29 heavy (non-hydrogen) atoms. The van der Waals surface area contributed by atoms with Crippen LogP contribution in [0.5, 0.6) is 0 Å². The molecule has 0 amide bonds. The molecule has 0 fully saturated rings. The van der Waals surface area contributed by atoms with E-state index in [1.165, 1.54) is 0 Å². The van der Waals surface area contributed by atoms with Crippen LogP contribution < -0.4 is 5.32 Å². The molecular weight excluding hydrogens is 362 g/mol. The molecule has 4 nitrogen and oxygen atoms in total. The third-order valence-corrected chi connectivity index (χ3v) is 4.76. The summed E-state index contributed by atoms with van der Waals surface area (Å²) in [6.07, 6.45) is -0.0288. The lowest BCUT2D eigenvalue weighted by atomic mass is 9.99. The van der Waals surface area contributed by atoms with Gasteiger partial charge in [-0.15, -0.1) is 0 Å². The number of carboxylic acids is 1. The molecule has 0 radical (unpaired) electrons. The zero-order valence-corrected chi connectivity index (χ0v) is 16.4. The van der Waals surface area contributed by atoms with Crippen molar-refractivity contribution < 1.29 is 17.7 Å². The van der Waals surface area contributed by atoms with Gasteiger partial charge >= 0.3 is 5.97 Å². The van der Waals surface area contributed by atoms with Crippen molar-refractivity contribution in [3.63, 3.8) is 0 Å². The summed E-state index contributed by atoms with van der Waals surface area (Å²) in [4.78, 5) is 11.2. The molecule has 3 N–H and O–H groups in total. The van der Waals surface area contributed by atoms with Crippen LogP contribution in [0.1, 0.15) is 42.3 Å². The Bertz CT molecular complexity index is 1050. The number of carbonyl (C=O) groups is 1. The molecule has 0 spiro atoms. The van der Waals surface area contributed by atoms with Crippen molar-refractivity contribution in [1.29, 1.82) is 0 Å². The molecule has 0 aliphatic carbocycles. The highest BCUT2D eigenvalue weighted by Crippen LogP contribution is 2.22. The molecule has 0 heterocycles. The molecule has 0 aliphatic rings. The highest BCUT2D eigenvalue weighted by atomic mass is 16.4. The predicted molar refractivity (Wildman–Crippen MR) is 116 cm³/mol. The summed E-state index contributed by atoms with van der Waals surface area (Å²) < 4.78 is 16.5. The van der Waals surface area contributed by atoms with Gasteiger partial charge in [0.1, 0.15) is 0 Å². The van der Waals surface area contributed by atoms with E-state index in [2.05, 4.69) is 5.32 Å². The van der Waals surface area contributed by atoms with Gasteiger partial charge in [-0.2, -0.15) is 0 Å². The Hall–Kier alpha value is -2.95. The topological polar surface area (TPSA) is 69.6 Å². The fourth-order valence-electron chi connectivity index (χ4n) is 3.20. The molecule has 3 aromatic carbocycles. The van der Waals surface area contributed by atoms with Crippen molar-refractivity contribution in [2.24, 2.45) is 0 Å². The molecule has 0 bridgehead atoms. The summed E-state index contributed by atoms with van der Waals surface area (Å²) >= 11 is 0. The molecular formula is C25H27NO3. The van der Waals surface area contributed by atoms with Crippen LogP contribution in [0.3, 0.4) is 0 Å². The van der Waals surface area contributed by atoms with Gasteiger partial charge in [0.25, 0.3) is 0 Å². The predicted octanol–water partition coefficient (Wildman–Crippen LogP) is 4.62. The Balaban J connectivity index is 1.60. The van der Waals surface area contributed by atoms with Crippen molar-refractivity contribution in [3.05, 3.63) is 95.1 Å². The lowest BCUT2D eigenvalue weighted by Gasteiger charge is -2.13. The summed E-state index contributed by atoms with van der Waals surface area (Å²) in [5.74, 6) is -0.967. The number of nitrogens with one attached hydrogen (secondary N) is 1. The summed E-state index contributed by atoms with van der Waals surface area (Å²) in [7, 11) is 0. The fourth-order valence-corrected chi connectivity index (χ4v) is 3.20. The maximum atomic E-state index is 11.2. The van der Waals surface area contributed by atoms with Gasteiger partial charge in [-0.3, -0.25) is 0 Å². The van der Waals surface area contributed by atoms with Crippen LogP contribution >= 0.6 is 0 Å². The number of aromatic carboxylic acids is 1. The van der Waals surface area contributed by atoms with Gasteiger partial charge in [-0.25, -0.2) is 4.79 Å². The molecule has 3 aromatic rings. The molecule has 3 rings (SSSR count). The highest BCUT2D eigenvalue weighted by Gasteiger charge is 2.07. The van der Waals surface area contributed by atoms with Gasteiger partial charge < -0.3 is 15.5 Å². The molecule has 0 aromatic heterocycles. The first-order chi connectivity index (χ1) is 14.7. The maximum Gasteiger partial charge on any atom is 0.335 e. The summed E-state index contributed by atoms with van der Waals surface area (Å²) in [5, 5.41) is 22.4. The van der Waals surface area contributed by atoms with E-state index in [-0.39, 0.29) is 18.5 Å². The number of hydrogen-bond donors (Lipinski definition) is 3. The fraction of sp³-hybridized carbons (Fsp3) is 0.240. The number of benzene rings is 3. The number of aryl methyl sites for hydroxylation is 2. The average molecular weight is 392 g/mol. The summed E-state index contributed by atoms with van der Waals surface area (Å²) in [6.45, 7) is 0.442. The molecule has 4 heteroatoms. The molecule has 150 valence electrons. The van der Waals surface area contributed by atoms with Gasteiger partial charge in [0, 0.05) is 9.29 Å². The average Bonchev–Trinajstić information content (AvgIpc) is 2.76. The second kappa shape index (κ2) is 10.0. The van der Waals surface area contributed by atoms with E-state index in [4.69, 9.17) is 2.74 Å². The summed E-state index contributed by atoms with van der Waals surface area (Å²) in [5.41, 5.74) is 4.71. The molecule has 0 unspecified atom stereocenters. The van der Waals surface area contributed by atoms with Crippen molar-refractivity contribution in [1.82, 2.24) is 5.32 Å². The van der Waals surface area contributed by atoms with E-state index in [1.54, 1.807) is 18.2 Å². The standard InChI is InChI=1S/C25H27NO3/c1-18-6-2-11-22(14-18)24(27)17-26-13-5-8-19-7-3-9-20(15-19)21-10-4-12-23(16-21)25(28)29/h2-4,6-7,9-12,14-16,24,26-27H,5,8,13,17H2,1H3,(H,28,29)/t24-/m0/s1/i13D2. The van der Waals surface area contributed by atoms with Crippen LogP contribution in [0.4, 0.5) is 0 Å². The lowest BCUT2D eigenvalue weighted by Crippen LogP contribution is -2.22. The third kappa shape index (κ3) is 6.01. The van der Waals surface area contributed by atoms with Crippen molar-refractivity contribution >= 4 is 5.97 Å². The molecule has 0 aliphatic heterocycles. The zero-order chi connectivity index (χ0) is 22.4. The van der Waals surface area contributed by atoms with Crippen LogP contribution in [-0.4, -0.2) is 29.2 Å². The Morgan fingerprint density at radius 3 is 2.52 bits per heavy atom. The lowest BCUT2D eigenvalue weighted by molar-refractivity contribution is 0.0697. The Labute approximate surface area is 174 Å². The van der Waals surface area contributed by atoms with Gasteiger partial charge in [0.2, 0.25) is 0 Å². The number of aliphatic hydroxyl groups is 1. The van der Waals surface area contributed by atoms with Crippen molar-refractivity contribution in [2.75, 3.05) is 13.0 Å². The van der Waals surface area contributed by atoms with E-state index in [9.17, 15) is 15.0 Å². The highest BCUT2D eigenvalue weighted by molar-refractivity contribution is 5.89. The van der Waals surface area contributed by atoms with Crippen molar-refractivity contribution in [2.45, 2.75) is 25.9 Å². The third-order valence-electron chi connectivity index (χ3n) is 4.76. The van der Waals surface area contributed by atoms with E-state index in [1.807, 2.05) is 61.5 Å². The molecule has 1 atom stereocenters. The largest absolute Gasteiger partial charge is 0.478 e. The minimum Gasteiger partial charge on any atom is -0.478 e. The van der Waals surface area contributed by atoms with Crippen LogP contribution in [0, 0.1) is 6.92 Å². The van der Waals surface area contributed by atoms with Gasteiger partial charge in [-0.1, -0.05) is 66.2 Å². The number of carboxylic acid groups (broad SMARTS) is 1. The van der Waals surface area contributed by atoms with E-state index in [0.717, 1.165) is 27.8 Å². The quantitative estimate of drug-likeness (QED) is 0.498. The minimum atomic E-state index is -1.63. The first-order valence-electron chi connectivity index (χ1n) is 10.7. The normalized spacial score (nSPS) is 13.4. The Morgan fingerprint density at radius 2 is 1.76 bits per heavy atom. The van der Waals surface area contributed by atoms with Crippen LogP contribution in [-0.2, 0) is 6.42 Å². The van der Waals surface area contributed by atoms with E-state index >= 15 is 0 Å². The molecule has 0 saturated carbocycles. The van der Waals surface area contributed by atoms with Crippen LogP contribution in [0.2, 0.25) is 0 Å². The second-order valence-electron chi connectivity index (χ2n) is 7.07. The van der Waals surface area contributed by atoms with Crippen LogP contribution in [0.15, 0.2) is 72.8 Å². The van der Waals surface area contributed by atoms with Gasteiger partial charge in [0.05, 0.1) is 11.7 Å². The number of hydrogen-bond acceptors (Lipinski definition) is 3. The molecule has 0 saturated heterocycles. The second-order valence-corrected chi connectivity index (χ2v) is 7.07. The van der Waals surface area contributed by atoms with Gasteiger partial charge in [-0.05, 0) is 60.6 Å². The van der Waals surface area contributed by atoms with Crippen molar-refractivity contribution in [3.8, 4) is 11.1 Å². The van der Waals surface area contributed by atoms with E-state index in [0.29, 0.717) is 6.42 Å². The number of rotatable bonds is 9. The first kappa shape index (κ1) is 18.1. The summed E-state index contributed by atoms with van der Waals surface area (Å²) in [6, 6.07) is 22.0. The van der Waals surface area contributed by atoms with Crippen LogP contribution in [0.25, 0.3) is 11.1 Å².